The molecule has 0 atom stereocenters. The van der Waals surface area contributed by atoms with Crippen molar-refractivity contribution in [2.24, 2.45) is 13.0 Å². The number of piperazine rings is 1. The summed E-state index contributed by atoms with van der Waals surface area (Å²) in [5.41, 5.74) is -1.13. The van der Waals surface area contributed by atoms with Gasteiger partial charge in [-0.05, 0) is 44.1 Å². The van der Waals surface area contributed by atoms with Crippen LogP contribution < -0.4 is 10.6 Å². The number of carbonyl (C=O) groups is 3. The standard InChI is InChI=1S/C28H31ClF4N8O3.ClH/c1-38-22(20-16-41(9-6-30)37-23(20)28(31,32)33)15-35-24(38)25(42)36-18-2-3-19(21(29)14-18)27(44)40-12-10-39(11-13-40)26(43)17-4-7-34-8-5-17;/h2-3,14-17,34H,4-13H2,1H3,(H,36,42);1H. The van der Waals surface area contributed by atoms with Gasteiger partial charge in [-0.3, -0.25) is 19.1 Å². The molecule has 0 spiro atoms. The average Bonchev–Trinajstić information content (AvgIpc) is 3.60. The zero-order valence-electron chi connectivity index (χ0n) is 24.2. The summed E-state index contributed by atoms with van der Waals surface area (Å²) in [7, 11) is 1.37. The van der Waals surface area contributed by atoms with E-state index in [2.05, 4.69) is 20.7 Å². The molecule has 2 aliphatic heterocycles. The van der Waals surface area contributed by atoms with Crippen LogP contribution in [0.4, 0.5) is 23.2 Å². The third-order valence-corrected chi connectivity index (χ3v) is 8.15. The number of aryl methyl sites for hydroxylation is 1. The molecule has 1 aromatic carbocycles. The van der Waals surface area contributed by atoms with Crippen LogP contribution in [0.3, 0.4) is 0 Å². The van der Waals surface area contributed by atoms with Crippen molar-refractivity contribution in [3.63, 3.8) is 0 Å². The Kier molecular flexibility index (Phi) is 10.8. The number of alkyl halides is 4. The van der Waals surface area contributed by atoms with Crippen LogP contribution in [0, 0.1) is 5.92 Å². The van der Waals surface area contributed by atoms with Gasteiger partial charge in [-0.1, -0.05) is 11.6 Å². The van der Waals surface area contributed by atoms with E-state index < -0.39 is 24.5 Å². The van der Waals surface area contributed by atoms with Crippen molar-refractivity contribution in [1.82, 2.24) is 34.4 Å². The van der Waals surface area contributed by atoms with Gasteiger partial charge >= 0.3 is 6.18 Å². The van der Waals surface area contributed by atoms with Gasteiger partial charge in [-0.15, -0.1) is 12.4 Å². The van der Waals surface area contributed by atoms with E-state index in [0.29, 0.717) is 26.2 Å². The van der Waals surface area contributed by atoms with Crippen molar-refractivity contribution in [2.45, 2.75) is 25.6 Å². The molecule has 4 heterocycles. The zero-order chi connectivity index (χ0) is 31.6. The SMILES string of the molecule is Cl.Cn1c(-c2cn(CCF)nc2C(F)(F)F)cnc1C(=O)Nc1ccc(C(=O)N2CCN(C(=O)C3CCNCC3)CC2)c(Cl)c1. The monoisotopic (exact) mass is 674 g/mol. The lowest BCUT2D eigenvalue weighted by atomic mass is 9.96. The minimum absolute atomic E-state index is 0. The maximum absolute atomic E-state index is 13.6. The third kappa shape index (κ3) is 7.42. The van der Waals surface area contributed by atoms with Crippen molar-refractivity contribution < 1.29 is 31.9 Å². The van der Waals surface area contributed by atoms with Crippen LogP contribution in [-0.2, 0) is 24.6 Å². The molecule has 0 saturated carbocycles. The molecule has 2 fully saturated rings. The largest absolute Gasteiger partial charge is 0.435 e. The van der Waals surface area contributed by atoms with Crippen LogP contribution in [0.25, 0.3) is 11.3 Å². The molecule has 244 valence electrons. The lowest BCUT2D eigenvalue weighted by Crippen LogP contribution is -2.52. The van der Waals surface area contributed by atoms with Crippen molar-refractivity contribution in [1.29, 1.82) is 0 Å². The minimum atomic E-state index is -4.81. The second kappa shape index (κ2) is 14.2. The molecule has 2 saturated heterocycles. The Balaban J connectivity index is 0.00000461. The number of carbonyl (C=O) groups excluding carboxylic acids is 3. The Hall–Kier alpha value is -3.69. The Morgan fingerprint density at radius 3 is 2.38 bits per heavy atom. The maximum Gasteiger partial charge on any atom is 0.435 e. The van der Waals surface area contributed by atoms with Gasteiger partial charge in [0.15, 0.2) is 11.5 Å². The number of benzene rings is 1. The third-order valence-electron chi connectivity index (χ3n) is 7.84. The fraction of sp³-hybridized carbons (Fsp3) is 0.464. The smallest absolute Gasteiger partial charge is 0.339 e. The average molecular weight is 676 g/mol. The number of hydrogen-bond acceptors (Lipinski definition) is 6. The lowest BCUT2D eigenvalue weighted by Gasteiger charge is -2.37. The summed E-state index contributed by atoms with van der Waals surface area (Å²) in [6.07, 6.45) is -1.02. The van der Waals surface area contributed by atoms with Crippen molar-refractivity contribution in [3.8, 4) is 11.3 Å². The highest BCUT2D eigenvalue weighted by molar-refractivity contribution is 6.34. The molecular formula is C28H32Cl2F4N8O3. The number of hydrogen-bond donors (Lipinski definition) is 2. The van der Waals surface area contributed by atoms with Gasteiger partial charge in [0, 0.05) is 51.0 Å². The molecule has 2 aliphatic rings. The topological polar surface area (TPSA) is 117 Å². The van der Waals surface area contributed by atoms with E-state index in [9.17, 15) is 31.9 Å². The Labute approximate surface area is 267 Å². The van der Waals surface area contributed by atoms with E-state index in [-0.39, 0.29) is 70.0 Å². The van der Waals surface area contributed by atoms with Crippen LogP contribution >= 0.6 is 24.0 Å². The first-order valence-corrected chi connectivity index (χ1v) is 14.5. The first kappa shape index (κ1) is 34.2. The summed E-state index contributed by atoms with van der Waals surface area (Å²) in [5, 5.41) is 9.39. The lowest BCUT2D eigenvalue weighted by molar-refractivity contribution is -0.141. The molecule has 5 rings (SSSR count). The molecule has 17 heteroatoms. The second-order valence-electron chi connectivity index (χ2n) is 10.7. The fourth-order valence-corrected chi connectivity index (χ4v) is 5.73. The highest BCUT2D eigenvalue weighted by Gasteiger charge is 2.38. The van der Waals surface area contributed by atoms with E-state index in [1.165, 1.54) is 29.8 Å². The minimum Gasteiger partial charge on any atom is -0.339 e. The molecule has 3 amide bonds. The number of rotatable bonds is 7. The molecule has 11 nitrogen and oxygen atoms in total. The van der Waals surface area contributed by atoms with E-state index in [1.54, 1.807) is 4.90 Å². The molecular weight excluding hydrogens is 643 g/mol. The fourth-order valence-electron chi connectivity index (χ4n) is 5.47. The number of imidazole rings is 1. The summed E-state index contributed by atoms with van der Waals surface area (Å²) in [6.45, 7) is 2.00. The van der Waals surface area contributed by atoms with E-state index in [0.717, 1.165) is 43.0 Å². The van der Waals surface area contributed by atoms with Gasteiger partial charge in [-0.25, -0.2) is 9.37 Å². The molecule has 2 N–H and O–H groups in total. The van der Waals surface area contributed by atoms with Gasteiger partial charge in [0.1, 0.15) is 6.67 Å². The number of anilines is 1. The predicted octanol–water partition coefficient (Wildman–Crippen LogP) is 3.88. The van der Waals surface area contributed by atoms with Gasteiger partial charge in [0.25, 0.3) is 11.8 Å². The highest BCUT2D eigenvalue weighted by atomic mass is 35.5. The number of nitrogens with one attached hydrogen (secondary N) is 2. The molecule has 0 unspecified atom stereocenters. The van der Waals surface area contributed by atoms with Gasteiger partial charge in [0.05, 0.1) is 34.6 Å². The number of nitrogens with zero attached hydrogens (tertiary/aromatic N) is 6. The molecule has 3 aromatic rings. The van der Waals surface area contributed by atoms with Crippen LogP contribution in [0.15, 0.2) is 30.6 Å². The molecule has 45 heavy (non-hydrogen) atoms. The number of piperidine rings is 1. The Morgan fingerprint density at radius 2 is 1.76 bits per heavy atom. The number of halogens is 6. The molecule has 2 aromatic heterocycles. The number of aromatic nitrogens is 4. The van der Waals surface area contributed by atoms with Gasteiger partial charge in [-0.2, -0.15) is 18.3 Å². The van der Waals surface area contributed by atoms with Crippen LogP contribution in [0.5, 0.6) is 0 Å². The summed E-state index contributed by atoms with van der Waals surface area (Å²) in [4.78, 5) is 46.5. The van der Waals surface area contributed by atoms with Crippen molar-refractivity contribution >= 4 is 47.4 Å². The number of amides is 3. The predicted molar refractivity (Wildman–Crippen MR) is 160 cm³/mol. The van der Waals surface area contributed by atoms with Gasteiger partial charge < -0.3 is 25.0 Å². The zero-order valence-corrected chi connectivity index (χ0v) is 25.8. The van der Waals surface area contributed by atoms with Crippen LogP contribution in [0.1, 0.15) is 39.5 Å². The molecule has 0 aliphatic carbocycles. The summed E-state index contributed by atoms with van der Waals surface area (Å²) >= 11 is 6.42. The summed E-state index contributed by atoms with van der Waals surface area (Å²) < 4.78 is 55.6. The van der Waals surface area contributed by atoms with Gasteiger partial charge in [0.2, 0.25) is 5.91 Å². The Morgan fingerprint density at radius 1 is 1.09 bits per heavy atom. The van der Waals surface area contributed by atoms with Crippen LogP contribution in [-0.4, -0.2) is 92.8 Å². The second-order valence-corrected chi connectivity index (χ2v) is 11.1. The van der Waals surface area contributed by atoms with Crippen molar-refractivity contribution in [2.75, 3.05) is 51.3 Å². The Bertz CT molecular complexity index is 1550. The van der Waals surface area contributed by atoms with E-state index in [1.807, 2.05) is 4.90 Å². The molecule has 0 bridgehead atoms. The summed E-state index contributed by atoms with van der Waals surface area (Å²) in [5.74, 6) is -1.09. The first-order chi connectivity index (χ1) is 21.0. The van der Waals surface area contributed by atoms with Crippen LogP contribution in [0.2, 0.25) is 5.02 Å². The van der Waals surface area contributed by atoms with E-state index >= 15 is 0 Å². The molecule has 0 radical (unpaired) electrons. The quantitative estimate of drug-likeness (QED) is 0.368. The normalized spacial score (nSPS) is 16.0. The first-order valence-electron chi connectivity index (χ1n) is 14.1. The van der Waals surface area contributed by atoms with E-state index in [4.69, 9.17) is 11.6 Å². The van der Waals surface area contributed by atoms with Crippen molar-refractivity contribution in [3.05, 3.63) is 52.7 Å². The summed E-state index contributed by atoms with van der Waals surface area (Å²) in [6, 6.07) is 4.36. The highest BCUT2D eigenvalue weighted by Crippen LogP contribution is 2.36. The maximum atomic E-state index is 13.6.